The summed E-state index contributed by atoms with van der Waals surface area (Å²) >= 11 is 12.4. The van der Waals surface area contributed by atoms with Gasteiger partial charge in [0.2, 0.25) is 0 Å². The number of hydrogen-bond donors (Lipinski definition) is 1. The monoisotopic (exact) mass is 525 g/mol. The first-order chi connectivity index (χ1) is 16.5. The van der Waals surface area contributed by atoms with Crippen LogP contribution in [-0.4, -0.2) is 15.5 Å². The van der Waals surface area contributed by atoms with E-state index in [1.807, 2.05) is 78.9 Å². The molecule has 0 spiro atoms. The fourth-order valence-corrected chi connectivity index (χ4v) is 5.32. The predicted molar refractivity (Wildman–Crippen MR) is 145 cm³/mol. The molecule has 1 atom stereocenters. The normalized spacial score (nSPS) is 11.4. The van der Waals surface area contributed by atoms with Crippen molar-refractivity contribution in [2.24, 2.45) is 0 Å². The van der Waals surface area contributed by atoms with Crippen LogP contribution < -0.4 is 4.72 Å². The molecule has 0 heterocycles. The number of ketones is 1. The van der Waals surface area contributed by atoms with Gasteiger partial charge < -0.3 is 10.2 Å². The highest BCUT2D eigenvalue weighted by molar-refractivity contribution is 7.86. The molecular weight excluding hydrogens is 501 g/mol. The zero-order chi connectivity index (χ0) is 23.9. The van der Waals surface area contributed by atoms with Gasteiger partial charge in [-0.25, -0.2) is 4.21 Å². The predicted octanol–water partition coefficient (Wildman–Crippen LogP) is 6.71. The summed E-state index contributed by atoms with van der Waals surface area (Å²) < 4.78 is 16.1. The van der Waals surface area contributed by atoms with Gasteiger partial charge in [0, 0.05) is 28.6 Å². The number of carbonyl (C=O) groups is 1. The van der Waals surface area contributed by atoms with E-state index in [0.717, 1.165) is 27.9 Å². The third-order valence-electron chi connectivity index (χ3n) is 5.45. The van der Waals surface area contributed by atoms with Gasteiger partial charge in [0.1, 0.15) is 5.78 Å². The lowest BCUT2D eigenvalue weighted by molar-refractivity contribution is -0.118. The van der Waals surface area contributed by atoms with E-state index in [1.54, 1.807) is 18.2 Å². The maximum atomic E-state index is 13.1. The molecule has 3 N–H and O–H groups in total. The second kappa shape index (κ2) is 12.7. The molecule has 0 bridgehead atoms. The van der Waals surface area contributed by atoms with E-state index >= 15 is 0 Å². The molecule has 35 heavy (non-hydrogen) atoms. The van der Waals surface area contributed by atoms with Crippen molar-refractivity contribution in [2.45, 2.75) is 24.2 Å². The molecule has 0 radical (unpaired) electrons. The Balaban J connectivity index is 0.00000342. The molecule has 1 unspecified atom stereocenters. The Morgan fingerprint density at radius 3 is 2.09 bits per heavy atom. The second-order valence-electron chi connectivity index (χ2n) is 7.85. The summed E-state index contributed by atoms with van der Waals surface area (Å²) in [5.41, 5.74) is 4.36. The molecule has 180 valence electrons. The standard InChI is InChI=1S/C28H23Cl2NO2S.H2O/c29-26-10-6-11-27(30)25(26)18-17-23(32)19-20-13-15-22(16-14-20)31-34(33)28-12-5-4-9-24(28)21-7-2-1-3-8-21;/h1-16,31H,17-19H2;1H2. The van der Waals surface area contributed by atoms with E-state index in [0.29, 0.717) is 34.2 Å². The van der Waals surface area contributed by atoms with E-state index < -0.39 is 11.0 Å². The summed E-state index contributed by atoms with van der Waals surface area (Å²) in [6.07, 6.45) is 1.20. The van der Waals surface area contributed by atoms with E-state index in [4.69, 9.17) is 23.2 Å². The smallest absolute Gasteiger partial charge is 0.150 e. The first kappa shape index (κ1) is 26.6. The van der Waals surface area contributed by atoms with Crippen LogP contribution >= 0.6 is 23.2 Å². The lowest BCUT2D eigenvalue weighted by atomic mass is 10.0. The molecule has 7 heteroatoms. The lowest BCUT2D eigenvalue weighted by Gasteiger charge is -2.11. The average molecular weight is 526 g/mol. The minimum Gasteiger partial charge on any atom is -0.412 e. The Kier molecular flexibility index (Phi) is 9.64. The van der Waals surface area contributed by atoms with Gasteiger partial charge in [-0.05, 0) is 59.0 Å². The summed E-state index contributed by atoms with van der Waals surface area (Å²) in [6.45, 7) is 0. The van der Waals surface area contributed by atoms with Gasteiger partial charge in [-0.2, -0.15) is 0 Å². The topological polar surface area (TPSA) is 77.7 Å². The van der Waals surface area contributed by atoms with Crippen molar-refractivity contribution in [3.05, 3.63) is 118 Å². The quantitative estimate of drug-likeness (QED) is 0.263. The molecule has 0 fully saturated rings. The number of benzene rings is 4. The summed E-state index contributed by atoms with van der Waals surface area (Å²) in [5.74, 6) is 0.108. The van der Waals surface area contributed by atoms with Crippen LogP contribution in [0.5, 0.6) is 0 Å². The molecule has 0 aliphatic rings. The third kappa shape index (κ3) is 7.03. The highest BCUT2D eigenvalue weighted by Gasteiger charge is 2.12. The molecule has 0 saturated carbocycles. The number of nitrogens with one attached hydrogen (secondary N) is 1. The number of halogens is 2. The van der Waals surface area contributed by atoms with Crippen LogP contribution in [0.15, 0.2) is 102 Å². The van der Waals surface area contributed by atoms with Crippen molar-refractivity contribution < 1.29 is 14.5 Å². The minimum absolute atomic E-state index is 0. The van der Waals surface area contributed by atoms with Crippen molar-refractivity contribution in [3.8, 4) is 11.1 Å². The summed E-state index contributed by atoms with van der Waals surface area (Å²) in [5, 5.41) is 1.16. The number of carbonyl (C=O) groups excluding carboxylic acids is 1. The molecule has 4 aromatic carbocycles. The van der Waals surface area contributed by atoms with Crippen molar-refractivity contribution in [1.82, 2.24) is 0 Å². The molecule has 0 amide bonds. The maximum Gasteiger partial charge on any atom is 0.150 e. The molecule has 4 rings (SSSR count). The summed E-state index contributed by atoms with van der Waals surface area (Å²) in [7, 11) is -1.43. The highest BCUT2D eigenvalue weighted by atomic mass is 35.5. The van der Waals surface area contributed by atoms with Crippen LogP contribution in [0.4, 0.5) is 5.69 Å². The maximum absolute atomic E-state index is 13.1. The largest absolute Gasteiger partial charge is 0.412 e. The minimum atomic E-state index is -1.43. The van der Waals surface area contributed by atoms with Gasteiger partial charge in [0.15, 0.2) is 11.0 Å². The second-order valence-corrected chi connectivity index (χ2v) is 9.84. The van der Waals surface area contributed by atoms with Crippen LogP contribution in [0.2, 0.25) is 10.0 Å². The number of Topliss-reactive ketones (excluding diaryl/α,β-unsaturated/α-hetero) is 1. The molecule has 0 aliphatic heterocycles. The summed E-state index contributed by atoms with van der Waals surface area (Å²) in [6, 6.07) is 30.3. The van der Waals surface area contributed by atoms with Gasteiger partial charge in [-0.1, -0.05) is 89.9 Å². The fraction of sp³-hybridized carbons (Fsp3) is 0.107. The Hall–Kier alpha value is -2.96. The molecule has 0 saturated heterocycles. The van der Waals surface area contributed by atoms with Gasteiger partial charge in [0.25, 0.3) is 0 Å². The SMILES string of the molecule is O.O=C(CCc1c(Cl)cccc1Cl)Cc1ccc(NS(=O)c2ccccc2-c2ccccc2)cc1. The molecular formula is C28H25Cl2NO3S. The highest BCUT2D eigenvalue weighted by Crippen LogP contribution is 2.27. The Labute approximate surface area is 217 Å². The van der Waals surface area contributed by atoms with E-state index in [1.165, 1.54) is 0 Å². The first-order valence-electron chi connectivity index (χ1n) is 10.9. The van der Waals surface area contributed by atoms with E-state index in [-0.39, 0.29) is 11.3 Å². The number of hydrogen-bond acceptors (Lipinski definition) is 2. The number of rotatable bonds is 9. The molecule has 4 nitrogen and oxygen atoms in total. The first-order valence-corrected chi connectivity index (χ1v) is 12.8. The Morgan fingerprint density at radius 1 is 0.771 bits per heavy atom. The Bertz CT molecular complexity index is 1290. The molecule has 0 aromatic heterocycles. The molecule has 4 aromatic rings. The molecule has 0 aliphatic carbocycles. The van der Waals surface area contributed by atoms with Crippen LogP contribution in [0.3, 0.4) is 0 Å². The number of anilines is 1. The van der Waals surface area contributed by atoms with Crippen LogP contribution in [0.25, 0.3) is 11.1 Å². The van der Waals surface area contributed by atoms with Crippen molar-refractivity contribution >= 4 is 45.7 Å². The third-order valence-corrected chi connectivity index (χ3v) is 7.34. The van der Waals surface area contributed by atoms with Crippen molar-refractivity contribution in [3.63, 3.8) is 0 Å². The zero-order valence-corrected chi connectivity index (χ0v) is 21.2. The van der Waals surface area contributed by atoms with Gasteiger partial charge >= 0.3 is 0 Å². The van der Waals surface area contributed by atoms with Crippen LogP contribution in [0, 0.1) is 0 Å². The van der Waals surface area contributed by atoms with Crippen LogP contribution in [-0.2, 0) is 28.6 Å². The Morgan fingerprint density at radius 2 is 1.40 bits per heavy atom. The van der Waals surface area contributed by atoms with Gasteiger partial charge in [-0.3, -0.25) is 4.79 Å². The van der Waals surface area contributed by atoms with E-state index in [2.05, 4.69) is 4.72 Å². The summed E-state index contributed by atoms with van der Waals surface area (Å²) in [4.78, 5) is 13.2. The van der Waals surface area contributed by atoms with Gasteiger partial charge in [0.05, 0.1) is 4.90 Å². The lowest BCUT2D eigenvalue weighted by Crippen LogP contribution is -2.07. The van der Waals surface area contributed by atoms with E-state index in [9.17, 15) is 9.00 Å². The van der Waals surface area contributed by atoms with Crippen LogP contribution in [0.1, 0.15) is 17.5 Å². The fourth-order valence-electron chi connectivity index (χ4n) is 3.69. The van der Waals surface area contributed by atoms with Crippen molar-refractivity contribution in [2.75, 3.05) is 4.72 Å². The zero-order valence-electron chi connectivity index (χ0n) is 18.8. The van der Waals surface area contributed by atoms with Crippen molar-refractivity contribution in [1.29, 1.82) is 0 Å². The van der Waals surface area contributed by atoms with Gasteiger partial charge in [-0.15, -0.1) is 0 Å². The average Bonchev–Trinajstić information content (AvgIpc) is 2.85.